The summed E-state index contributed by atoms with van der Waals surface area (Å²) in [6, 6.07) is 4.21. The number of nitrogens with zero attached hydrogens (tertiary/aromatic N) is 1. The SMILES string of the molecule is Cc1ncsc1C(=O)N[C@H](C(N)=O)c1ccc(F)cc1. The second-order valence-electron chi connectivity index (χ2n) is 4.13. The van der Waals surface area contributed by atoms with Crippen LogP contribution in [0.25, 0.3) is 0 Å². The van der Waals surface area contributed by atoms with Crippen molar-refractivity contribution in [3.05, 3.63) is 51.7 Å². The third-order valence-corrected chi connectivity index (χ3v) is 3.64. The molecular weight excluding hydrogens is 281 g/mol. The molecular formula is C13H12FN3O2S. The molecule has 1 atom stereocenters. The van der Waals surface area contributed by atoms with E-state index in [4.69, 9.17) is 5.73 Å². The zero-order valence-corrected chi connectivity index (χ0v) is 11.4. The Morgan fingerprint density at radius 2 is 2.00 bits per heavy atom. The first-order valence-corrected chi connectivity index (χ1v) is 6.62. The quantitative estimate of drug-likeness (QED) is 0.896. The maximum absolute atomic E-state index is 12.9. The normalized spacial score (nSPS) is 11.9. The van der Waals surface area contributed by atoms with E-state index in [2.05, 4.69) is 10.3 Å². The van der Waals surface area contributed by atoms with E-state index in [1.165, 1.54) is 35.6 Å². The van der Waals surface area contributed by atoms with Crippen molar-refractivity contribution in [2.75, 3.05) is 0 Å². The van der Waals surface area contributed by atoms with Gasteiger partial charge in [-0.2, -0.15) is 0 Å². The second-order valence-corrected chi connectivity index (χ2v) is 4.98. The molecule has 0 saturated heterocycles. The van der Waals surface area contributed by atoms with E-state index in [1.54, 1.807) is 12.4 Å². The van der Waals surface area contributed by atoms with Crippen LogP contribution >= 0.6 is 11.3 Å². The molecule has 7 heteroatoms. The van der Waals surface area contributed by atoms with Crippen molar-refractivity contribution in [3.63, 3.8) is 0 Å². The summed E-state index contributed by atoms with van der Waals surface area (Å²) in [6.45, 7) is 1.70. The number of benzene rings is 1. The van der Waals surface area contributed by atoms with E-state index in [-0.39, 0.29) is 0 Å². The maximum atomic E-state index is 12.9. The van der Waals surface area contributed by atoms with Crippen LogP contribution in [-0.2, 0) is 4.79 Å². The third-order valence-electron chi connectivity index (χ3n) is 2.72. The van der Waals surface area contributed by atoms with E-state index in [1.807, 2.05) is 0 Å². The van der Waals surface area contributed by atoms with Gasteiger partial charge >= 0.3 is 0 Å². The summed E-state index contributed by atoms with van der Waals surface area (Å²) in [4.78, 5) is 27.9. The van der Waals surface area contributed by atoms with Gasteiger partial charge in [-0.3, -0.25) is 9.59 Å². The summed E-state index contributed by atoms with van der Waals surface area (Å²) in [7, 11) is 0. The Balaban J connectivity index is 2.22. The molecule has 104 valence electrons. The van der Waals surface area contributed by atoms with E-state index < -0.39 is 23.7 Å². The molecule has 2 amide bonds. The number of halogens is 1. The molecule has 3 N–H and O–H groups in total. The third kappa shape index (κ3) is 3.00. The molecule has 1 aromatic heterocycles. The van der Waals surface area contributed by atoms with Gasteiger partial charge < -0.3 is 11.1 Å². The molecule has 0 saturated carbocycles. The summed E-state index contributed by atoms with van der Waals surface area (Å²) in [6.07, 6.45) is 0. The molecule has 0 unspecified atom stereocenters. The van der Waals surface area contributed by atoms with Gasteiger partial charge in [-0.1, -0.05) is 12.1 Å². The molecule has 20 heavy (non-hydrogen) atoms. The number of thiazole rings is 1. The molecule has 2 aromatic rings. The minimum absolute atomic E-state index is 0.415. The molecule has 1 heterocycles. The van der Waals surface area contributed by atoms with Crippen LogP contribution in [0.3, 0.4) is 0 Å². The highest BCUT2D eigenvalue weighted by Gasteiger charge is 2.22. The summed E-state index contributed by atoms with van der Waals surface area (Å²) < 4.78 is 12.9. The second kappa shape index (κ2) is 5.79. The van der Waals surface area contributed by atoms with Gasteiger partial charge in [0.25, 0.3) is 5.91 Å². The number of amides is 2. The lowest BCUT2D eigenvalue weighted by Gasteiger charge is -2.15. The fraction of sp³-hybridized carbons (Fsp3) is 0.154. The summed E-state index contributed by atoms with van der Waals surface area (Å²) in [5.74, 6) is -1.58. The van der Waals surface area contributed by atoms with Crippen LogP contribution in [0.2, 0.25) is 0 Å². The molecule has 0 aliphatic carbocycles. The highest BCUT2D eigenvalue weighted by molar-refractivity contribution is 7.11. The first-order valence-electron chi connectivity index (χ1n) is 5.74. The van der Waals surface area contributed by atoms with Gasteiger partial charge in [-0.15, -0.1) is 11.3 Å². The fourth-order valence-corrected chi connectivity index (χ4v) is 2.40. The Morgan fingerprint density at radius 3 is 2.50 bits per heavy atom. The standard InChI is InChI=1S/C13H12FN3O2S/c1-7-11(20-6-16-7)13(19)17-10(12(15)18)8-2-4-9(14)5-3-8/h2-6,10H,1H3,(H2,15,18)(H,17,19)/t10-/m0/s1. The molecule has 0 bridgehead atoms. The summed E-state index contributed by atoms with van der Waals surface area (Å²) in [5, 5.41) is 2.53. The first kappa shape index (κ1) is 14.1. The lowest BCUT2D eigenvalue weighted by molar-refractivity contribution is -0.120. The van der Waals surface area contributed by atoms with Crippen LogP contribution in [0.4, 0.5) is 4.39 Å². The van der Waals surface area contributed by atoms with Crippen LogP contribution in [0.15, 0.2) is 29.8 Å². The number of aryl methyl sites for hydroxylation is 1. The first-order chi connectivity index (χ1) is 9.49. The number of primary amides is 1. The van der Waals surface area contributed by atoms with Crippen molar-refractivity contribution in [2.45, 2.75) is 13.0 Å². The van der Waals surface area contributed by atoms with Crippen molar-refractivity contribution in [2.24, 2.45) is 5.73 Å². The Kier molecular flexibility index (Phi) is 4.09. The van der Waals surface area contributed by atoms with Gasteiger partial charge in [-0.05, 0) is 24.6 Å². The molecule has 0 spiro atoms. The number of carbonyl (C=O) groups excluding carboxylic acids is 2. The Morgan fingerprint density at radius 1 is 1.35 bits per heavy atom. The minimum atomic E-state index is -1.01. The monoisotopic (exact) mass is 293 g/mol. The van der Waals surface area contributed by atoms with Crippen LogP contribution in [0.1, 0.15) is 27.0 Å². The van der Waals surface area contributed by atoms with Crippen molar-refractivity contribution >= 4 is 23.2 Å². The Bertz CT molecular complexity index is 639. The van der Waals surface area contributed by atoms with E-state index in [9.17, 15) is 14.0 Å². The van der Waals surface area contributed by atoms with Gasteiger partial charge in [0, 0.05) is 0 Å². The maximum Gasteiger partial charge on any atom is 0.264 e. The topological polar surface area (TPSA) is 85.1 Å². The number of hydrogen-bond donors (Lipinski definition) is 2. The average Bonchev–Trinajstić information content (AvgIpc) is 2.83. The molecule has 0 fully saturated rings. The van der Waals surface area contributed by atoms with Crippen LogP contribution in [-0.4, -0.2) is 16.8 Å². The molecule has 2 rings (SSSR count). The van der Waals surface area contributed by atoms with Crippen molar-refractivity contribution < 1.29 is 14.0 Å². The number of nitrogens with two attached hydrogens (primary N) is 1. The van der Waals surface area contributed by atoms with Crippen molar-refractivity contribution in [1.82, 2.24) is 10.3 Å². The lowest BCUT2D eigenvalue weighted by atomic mass is 10.1. The highest BCUT2D eigenvalue weighted by Crippen LogP contribution is 2.17. The fourth-order valence-electron chi connectivity index (χ4n) is 1.69. The Hall–Kier alpha value is -2.28. The van der Waals surface area contributed by atoms with E-state index in [0.717, 1.165) is 0 Å². The minimum Gasteiger partial charge on any atom is -0.368 e. The van der Waals surface area contributed by atoms with Crippen LogP contribution in [0.5, 0.6) is 0 Å². The van der Waals surface area contributed by atoms with E-state index >= 15 is 0 Å². The number of carbonyl (C=O) groups is 2. The summed E-state index contributed by atoms with van der Waals surface area (Å²) >= 11 is 1.17. The number of aromatic nitrogens is 1. The number of rotatable bonds is 4. The average molecular weight is 293 g/mol. The predicted molar refractivity (Wildman–Crippen MR) is 72.7 cm³/mol. The van der Waals surface area contributed by atoms with Gasteiger partial charge in [0.15, 0.2) is 0 Å². The number of nitrogens with one attached hydrogen (secondary N) is 1. The zero-order valence-electron chi connectivity index (χ0n) is 10.6. The van der Waals surface area contributed by atoms with Gasteiger partial charge in [0.1, 0.15) is 16.7 Å². The highest BCUT2D eigenvalue weighted by atomic mass is 32.1. The van der Waals surface area contributed by atoms with Gasteiger partial charge in [0.2, 0.25) is 5.91 Å². The number of hydrogen-bond acceptors (Lipinski definition) is 4. The van der Waals surface area contributed by atoms with Gasteiger partial charge in [-0.25, -0.2) is 9.37 Å². The van der Waals surface area contributed by atoms with Gasteiger partial charge in [0.05, 0.1) is 11.2 Å². The van der Waals surface area contributed by atoms with Crippen LogP contribution < -0.4 is 11.1 Å². The zero-order chi connectivity index (χ0) is 14.7. The van der Waals surface area contributed by atoms with Crippen LogP contribution in [0, 0.1) is 12.7 Å². The Labute approximate surface area is 118 Å². The largest absolute Gasteiger partial charge is 0.368 e. The molecule has 0 aliphatic heterocycles. The molecule has 1 aromatic carbocycles. The lowest BCUT2D eigenvalue weighted by Crippen LogP contribution is -2.37. The van der Waals surface area contributed by atoms with Crippen molar-refractivity contribution in [3.8, 4) is 0 Å². The summed E-state index contributed by atoms with van der Waals surface area (Å²) in [5.41, 5.74) is 7.83. The smallest absolute Gasteiger partial charge is 0.264 e. The van der Waals surface area contributed by atoms with Crippen molar-refractivity contribution in [1.29, 1.82) is 0 Å². The molecule has 0 aliphatic rings. The van der Waals surface area contributed by atoms with E-state index in [0.29, 0.717) is 16.1 Å². The molecule has 0 radical (unpaired) electrons. The molecule has 5 nitrogen and oxygen atoms in total. The predicted octanol–water partition coefficient (Wildman–Crippen LogP) is 1.55.